The largest absolute Gasteiger partial charge is 0.321 e. The lowest BCUT2D eigenvalue weighted by molar-refractivity contribution is 0.0847. The molecule has 3 amide bonds. The van der Waals surface area contributed by atoms with Crippen LogP contribution in [0, 0.1) is 0 Å². The van der Waals surface area contributed by atoms with Crippen LogP contribution in [0.25, 0.3) is 0 Å². The van der Waals surface area contributed by atoms with Crippen molar-refractivity contribution in [1.29, 1.82) is 0 Å². The zero-order chi connectivity index (χ0) is 19.1. The molecule has 0 bridgehead atoms. The number of carbonyl (C=O) groups is 3. The molecular formula is C21H17N3O3. The van der Waals surface area contributed by atoms with E-state index in [0.29, 0.717) is 16.8 Å². The molecule has 0 unspecified atom stereocenters. The summed E-state index contributed by atoms with van der Waals surface area (Å²) in [5.74, 6) is -1.30. The molecule has 134 valence electrons. The van der Waals surface area contributed by atoms with E-state index in [1.54, 1.807) is 78.9 Å². The van der Waals surface area contributed by atoms with Gasteiger partial charge in [0.05, 0.1) is 11.3 Å². The Hall–Kier alpha value is -3.93. The molecule has 0 radical (unpaired) electrons. The average Bonchev–Trinajstić information content (AvgIpc) is 2.73. The van der Waals surface area contributed by atoms with Crippen molar-refractivity contribution in [2.45, 2.75) is 0 Å². The van der Waals surface area contributed by atoms with E-state index in [1.807, 2.05) is 6.07 Å². The van der Waals surface area contributed by atoms with Crippen molar-refractivity contribution in [1.82, 2.24) is 10.9 Å². The molecule has 3 aromatic rings. The molecule has 0 aliphatic rings. The molecule has 0 spiro atoms. The van der Waals surface area contributed by atoms with Crippen LogP contribution in [-0.4, -0.2) is 17.7 Å². The molecule has 0 aliphatic heterocycles. The highest BCUT2D eigenvalue weighted by atomic mass is 16.2. The normalized spacial score (nSPS) is 9.93. The zero-order valence-electron chi connectivity index (χ0n) is 14.3. The third kappa shape index (κ3) is 4.58. The first-order valence-electron chi connectivity index (χ1n) is 8.26. The van der Waals surface area contributed by atoms with Crippen molar-refractivity contribution < 1.29 is 14.4 Å². The van der Waals surface area contributed by atoms with Crippen LogP contribution in [0.5, 0.6) is 0 Å². The van der Waals surface area contributed by atoms with Crippen LogP contribution in [0.1, 0.15) is 31.1 Å². The molecule has 6 heteroatoms. The molecule has 0 saturated heterocycles. The van der Waals surface area contributed by atoms with Gasteiger partial charge in [-0.2, -0.15) is 0 Å². The Balaban J connectivity index is 1.69. The Morgan fingerprint density at radius 1 is 0.519 bits per heavy atom. The number of nitrogens with one attached hydrogen (secondary N) is 3. The number of hydrazine groups is 1. The van der Waals surface area contributed by atoms with E-state index in [-0.39, 0.29) is 11.5 Å². The van der Waals surface area contributed by atoms with Gasteiger partial charge < -0.3 is 5.32 Å². The lowest BCUT2D eigenvalue weighted by atomic mass is 10.1. The minimum Gasteiger partial charge on any atom is -0.321 e. The SMILES string of the molecule is O=C(NNC(=O)c1ccccc1NC(=O)c1ccccc1)c1ccccc1. The third-order valence-corrected chi connectivity index (χ3v) is 3.78. The van der Waals surface area contributed by atoms with Gasteiger partial charge >= 0.3 is 0 Å². The van der Waals surface area contributed by atoms with Crippen molar-refractivity contribution in [3.8, 4) is 0 Å². The van der Waals surface area contributed by atoms with E-state index in [0.717, 1.165) is 0 Å². The van der Waals surface area contributed by atoms with Gasteiger partial charge in [0, 0.05) is 11.1 Å². The van der Waals surface area contributed by atoms with E-state index in [9.17, 15) is 14.4 Å². The number of rotatable bonds is 4. The van der Waals surface area contributed by atoms with Crippen molar-refractivity contribution >= 4 is 23.4 Å². The summed E-state index contributed by atoms with van der Waals surface area (Å²) in [6, 6.07) is 23.8. The number of carbonyl (C=O) groups excluding carboxylic acids is 3. The van der Waals surface area contributed by atoms with Crippen LogP contribution in [0.3, 0.4) is 0 Å². The van der Waals surface area contributed by atoms with Crippen molar-refractivity contribution in [2.24, 2.45) is 0 Å². The number of para-hydroxylation sites is 1. The van der Waals surface area contributed by atoms with E-state index in [2.05, 4.69) is 16.2 Å². The van der Waals surface area contributed by atoms with Gasteiger partial charge in [-0.1, -0.05) is 48.5 Å². The summed E-state index contributed by atoms with van der Waals surface area (Å²) < 4.78 is 0. The van der Waals surface area contributed by atoms with E-state index in [4.69, 9.17) is 0 Å². The smallest absolute Gasteiger partial charge is 0.271 e. The maximum absolute atomic E-state index is 12.4. The number of hydrogen-bond acceptors (Lipinski definition) is 3. The van der Waals surface area contributed by atoms with Crippen molar-refractivity contribution in [2.75, 3.05) is 5.32 Å². The van der Waals surface area contributed by atoms with Gasteiger partial charge in [-0.05, 0) is 36.4 Å². The molecule has 0 saturated carbocycles. The van der Waals surface area contributed by atoms with E-state index >= 15 is 0 Å². The van der Waals surface area contributed by atoms with Crippen LogP contribution in [0.15, 0.2) is 84.9 Å². The number of anilines is 1. The Morgan fingerprint density at radius 3 is 1.63 bits per heavy atom. The summed E-state index contributed by atoms with van der Waals surface area (Å²) in [6.07, 6.45) is 0. The van der Waals surface area contributed by atoms with Gasteiger partial charge in [0.25, 0.3) is 17.7 Å². The molecule has 3 rings (SSSR count). The summed E-state index contributed by atoms with van der Waals surface area (Å²) in [7, 11) is 0. The van der Waals surface area contributed by atoms with E-state index < -0.39 is 11.8 Å². The highest BCUT2D eigenvalue weighted by Crippen LogP contribution is 2.16. The predicted molar refractivity (Wildman–Crippen MR) is 102 cm³/mol. The fourth-order valence-corrected chi connectivity index (χ4v) is 2.42. The van der Waals surface area contributed by atoms with Gasteiger partial charge in [-0.3, -0.25) is 25.2 Å². The number of benzene rings is 3. The summed E-state index contributed by atoms with van der Waals surface area (Å²) >= 11 is 0. The molecule has 0 aliphatic carbocycles. The Bertz CT molecular complexity index is 957. The summed E-state index contributed by atoms with van der Waals surface area (Å²) in [4.78, 5) is 36.8. The lowest BCUT2D eigenvalue weighted by Gasteiger charge is -2.12. The van der Waals surface area contributed by atoms with Crippen LogP contribution < -0.4 is 16.2 Å². The first-order chi connectivity index (χ1) is 13.1. The van der Waals surface area contributed by atoms with Gasteiger partial charge in [-0.15, -0.1) is 0 Å². The summed E-state index contributed by atoms with van der Waals surface area (Å²) in [6.45, 7) is 0. The molecule has 0 heterocycles. The standard InChI is InChI=1S/C21H17N3O3/c25-19(15-9-3-1-4-10-15)22-18-14-8-7-13-17(18)21(27)24-23-20(26)16-11-5-2-6-12-16/h1-14H,(H,22,25)(H,23,26)(H,24,27). The van der Waals surface area contributed by atoms with E-state index in [1.165, 1.54) is 0 Å². The Kier molecular flexibility index (Phi) is 5.59. The van der Waals surface area contributed by atoms with Gasteiger partial charge in [-0.25, -0.2) is 0 Å². The maximum Gasteiger partial charge on any atom is 0.271 e. The Morgan fingerprint density at radius 2 is 1.00 bits per heavy atom. The highest BCUT2D eigenvalue weighted by Gasteiger charge is 2.15. The lowest BCUT2D eigenvalue weighted by Crippen LogP contribution is -2.41. The monoisotopic (exact) mass is 359 g/mol. The summed E-state index contributed by atoms with van der Waals surface area (Å²) in [5.41, 5.74) is 6.19. The number of amides is 3. The minimum absolute atomic E-state index is 0.232. The van der Waals surface area contributed by atoms with Crippen LogP contribution in [-0.2, 0) is 0 Å². The first kappa shape index (κ1) is 17.9. The minimum atomic E-state index is -0.539. The Labute approximate surface area is 156 Å². The molecular weight excluding hydrogens is 342 g/mol. The van der Waals surface area contributed by atoms with Gasteiger partial charge in [0.15, 0.2) is 0 Å². The van der Waals surface area contributed by atoms with Crippen molar-refractivity contribution in [3.63, 3.8) is 0 Å². The molecule has 0 atom stereocenters. The predicted octanol–water partition coefficient (Wildman–Crippen LogP) is 3.01. The molecule has 27 heavy (non-hydrogen) atoms. The van der Waals surface area contributed by atoms with Crippen LogP contribution in [0.2, 0.25) is 0 Å². The number of hydrogen-bond donors (Lipinski definition) is 3. The molecule has 3 aromatic carbocycles. The molecule has 3 N–H and O–H groups in total. The average molecular weight is 359 g/mol. The molecule has 0 aromatic heterocycles. The van der Waals surface area contributed by atoms with Crippen LogP contribution >= 0.6 is 0 Å². The van der Waals surface area contributed by atoms with Crippen molar-refractivity contribution in [3.05, 3.63) is 102 Å². The van der Waals surface area contributed by atoms with Crippen LogP contribution in [0.4, 0.5) is 5.69 Å². The fourth-order valence-electron chi connectivity index (χ4n) is 2.42. The second-order valence-corrected chi connectivity index (χ2v) is 5.64. The highest BCUT2D eigenvalue weighted by molar-refractivity contribution is 6.09. The summed E-state index contributed by atoms with van der Waals surface area (Å²) in [5, 5.41) is 2.71. The zero-order valence-corrected chi connectivity index (χ0v) is 14.3. The second kappa shape index (κ2) is 8.44. The second-order valence-electron chi connectivity index (χ2n) is 5.64. The maximum atomic E-state index is 12.4. The quantitative estimate of drug-likeness (QED) is 0.626. The third-order valence-electron chi connectivity index (χ3n) is 3.78. The van der Waals surface area contributed by atoms with Gasteiger partial charge in [0.1, 0.15) is 0 Å². The fraction of sp³-hybridized carbons (Fsp3) is 0. The topological polar surface area (TPSA) is 87.3 Å². The molecule has 0 fully saturated rings. The first-order valence-corrected chi connectivity index (χ1v) is 8.26. The molecule has 6 nitrogen and oxygen atoms in total. The van der Waals surface area contributed by atoms with Gasteiger partial charge in [0.2, 0.25) is 0 Å².